The smallest absolute Gasteiger partial charge is 0.229 e. The second kappa shape index (κ2) is 8.72. The molecule has 1 aliphatic carbocycles. The minimum absolute atomic E-state index is 0.0876. The largest absolute Gasteiger partial charge is 0.339 e. The molecule has 0 bridgehead atoms. The van der Waals surface area contributed by atoms with Crippen molar-refractivity contribution >= 4 is 5.78 Å². The molecule has 0 aromatic carbocycles. The number of nitrogens with zero attached hydrogens (tertiary/aromatic N) is 2. The van der Waals surface area contributed by atoms with Gasteiger partial charge in [-0.2, -0.15) is 4.98 Å². The van der Waals surface area contributed by atoms with Crippen LogP contribution < -0.4 is 5.73 Å². The Balaban J connectivity index is 0.000000677. The molecule has 1 saturated carbocycles. The zero-order chi connectivity index (χ0) is 15.8. The summed E-state index contributed by atoms with van der Waals surface area (Å²) in [5.41, 5.74) is 5.81. The van der Waals surface area contributed by atoms with E-state index >= 15 is 0 Å². The van der Waals surface area contributed by atoms with Gasteiger partial charge in [0.05, 0.1) is 6.04 Å². The molecule has 5 nitrogen and oxygen atoms in total. The lowest BCUT2D eigenvalue weighted by molar-refractivity contribution is -0.118. The molecule has 1 atom stereocenters. The van der Waals surface area contributed by atoms with Crippen LogP contribution in [0, 0.1) is 12.8 Å². The van der Waals surface area contributed by atoms with Crippen molar-refractivity contribution < 1.29 is 9.32 Å². The third-order valence-corrected chi connectivity index (χ3v) is 3.85. The molecule has 2 N–H and O–H groups in total. The molecule has 1 fully saturated rings. The second-order valence-corrected chi connectivity index (χ2v) is 5.76. The van der Waals surface area contributed by atoms with Crippen LogP contribution in [0.1, 0.15) is 63.6 Å². The van der Waals surface area contributed by atoms with Crippen molar-refractivity contribution in [3.05, 3.63) is 24.4 Å². The number of aromatic nitrogens is 2. The highest BCUT2D eigenvalue weighted by Gasteiger charge is 2.27. The first kappa shape index (κ1) is 17.6. The molecule has 21 heavy (non-hydrogen) atoms. The van der Waals surface area contributed by atoms with Gasteiger partial charge in [-0.25, -0.2) is 0 Å². The van der Waals surface area contributed by atoms with Crippen LogP contribution in [-0.2, 0) is 4.79 Å². The highest BCUT2D eigenvalue weighted by molar-refractivity contribution is 5.81. The highest BCUT2D eigenvalue weighted by Crippen LogP contribution is 2.36. The zero-order valence-corrected chi connectivity index (χ0v) is 13.3. The molecule has 0 aliphatic heterocycles. The minimum Gasteiger partial charge on any atom is -0.339 e. The summed E-state index contributed by atoms with van der Waals surface area (Å²) in [6.45, 7) is 8.65. The van der Waals surface area contributed by atoms with E-state index in [1.54, 1.807) is 13.0 Å². The number of Topliss-reactive ketones (excluding diaryl/α,β-unsaturated/α-hetero) is 1. The van der Waals surface area contributed by atoms with Crippen molar-refractivity contribution in [1.29, 1.82) is 0 Å². The van der Waals surface area contributed by atoms with Crippen LogP contribution >= 0.6 is 0 Å². The van der Waals surface area contributed by atoms with Crippen molar-refractivity contribution in [3.63, 3.8) is 0 Å². The molecule has 1 aromatic heterocycles. The van der Waals surface area contributed by atoms with E-state index in [0.717, 1.165) is 38.0 Å². The lowest BCUT2D eigenvalue weighted by atomic mass is 9.79. The van der Waals surface area contributed by atoms with Crippen molar-refractivity contribution in [2.24, 2.45) is 11.7 Å². The Morgan fingerprint density at radius 1 is 1.48 bits per heavy atom. The fraction of sp³-hybridized carbons (Fsp3) is 0.688. The quantitative estimate of drug-likeness (QED) is 0.862. The van der Waals surface area contributed by atoms with E-state index in [4.69, 9.17) is 10.3 Å². The van der Waals surface area contributed by atoms with Gasteiger partial charge in [-0.15, -0.1) is 6.58 Å². The first-order valence-electron chi connectivity index (χ1n) is 7.61. The Hall–Kier alpha value is -1.49. The van der Waals surface area contributed by atoms with Crippen LogP contribution in [0.5, 0.6) is 0 Å². The van der Waals surface area contributed by atoms with E-state index in [1.165, 1.54) is 0 Å². The van der Waals surface area contributed by atoms with Crippen LogP contribution in [0.3, 0.4) is 0 Å². The summed E-state index contributed by atoms with van der Waals surface area (Å²) < 4.78 is 5.22. The Labute approximate surface area is 127 Å². The minimum atomic E-state index is -0.294. The van der Waals surface area contributed by atoms with Crippen LogP contribution in [0.15, 0.2) is 17.2 Å². The lowest BCUT2D eigenvalue weighted by Crippen LogP contribution is -2.31. The molecule has 1 heterocycles. The standard InChI is InChI=1S/C13H21N3O2.C3H6/c1-8(17)12(14)7-10-3-5-11(6-4-10)13-15-9(2)16-18-13;1-3-2/h10-12H,3-7,14H2,1-2H3;3H,1H2,2H3/t10?,11?,12-;/m0./s1. The van der Waals surface area contributed by atoms with Crippen LogP contribution in [0.25, 0.3) is 0 Å². The number of carbonyl (C=O) groups excluding carboxylic acids is 1. The molecule has 0 radical (unpaired) electrons. The Bertz CT molecular complexity index is 448. The molecule has 1 aliphatic rings. The van der Waals surface area contributed by atoms with Gasteiger partial charge in [0.1, 0.15) is 5.78 Å². The Kier molecular flexibility index (Phi) is 7.29. The summed E-state index contributed by atoms with van der Waals surface area (Å²) in [4.78, 5) is 15.4. The molecule has 0 spiro atoms. The molecule has 0 saturated heterocycles. The molecule has 0 unspecified atom stereocenters. The maximum Gasteiger partial charge on any atom is 0.229 e. The first-order valence-corrected chi connectivity index (χ1v) is 7.61. The van der Waals surface area contributed by atoms with Crippen LogP contribution in [0.2, 0.25) is 0 Å². The second-order valence-electron chi connectivity index (χ2n) is 5.76. The summed E-state index contributed by atoms with van der Waals surface area (Å²) in [5, 5.41) is 3.83. The van der Waals surface area contributed by atoms with Gasteiger partial charge in [0.15, 0.2) is 5.82 Å². The number of nitrogens with two attached hydrogens (primary N) is 1. The average molecular weight is 293 g/mol. The predicted octanol–water partition coefficient (Wildman–Crippen LogP) is 3.15. The topological polar surface area (TPSA) is 82.0 Å². The van der Waals surface area contributed by atoms with Crippen LogP contribution in [0.4, 0.5) is 0 Å². The van der Waals surface area contributed by atoms with E-state index in [-0.39, 0.29) is 11.8 Å². The summed E-state index contributed by atoms with van der Waals surface area (Å²) in [5.74, 6) is 2.50. The van der Waals surface area contributed by atoms with Gasteiger partial charge in [-0.1, -0.05) is 11.2 Å². The molecule has 1 aromatic rings. The number of rotatable bonds is 4. The predicted molar refractivity (Wildman–Crippen MR) is 82.9 cm³/mol. The highest BCUT2D eigenvalue weighted by atomic mass is 16.5. The summed E-state index contributed by atoms with van der Waals surface area (Å²) in [7, 11) is 0. The Morgan fingerprint density at radius 2 is 2.05 bits per heavy atom. The summed E-state index contributed by atoms with van der Waals surface area (Å²) >= 11 is 0. The fourth-order valence-electron chi connectivity index (χ4n) is 2.65. The number of hydrogen-bond donors (Lipinski definition) is 1. The summed E-state index contributed by atoms with van der Waals surface area (Å²) in [6, 6.07) is -0.294. The average Bonchev–Trinajstić information content (AvgIpc) is 2.87. The van der Waals surface area contributed by atoms with Gasteiger partial charge < -0.3 is 10.3 Å². The van der Waals surface area contributed by atoms with Crippen molar-refractivity contribution in [3.8, 4) is 0 Å². The van der Waals surface area contributed by atoms with E-state index in [9.17, 15) is 4.79 Å². The third-order valence-electron chi connectivity index (χ3n) is 3.85. The van der Waals surface area contributed by atoms with Gasteiger partial charge >= 0.3 is 0 Å². The van der Waals surface area contributed by atoms with Crippen molar-refractivity contribution in [2.75, 3.05) is 0 Å². The summed E-state index contributed by atoms with van der Waals surface area (Å²) in [6.07, 6.45) is 6.85. The monoisotopic (exact) mass is 293 g/mol. The molecule has 0 amide bonds. The number of carbonyl (C=O) groups is 1. The number of allylic oxidation sites excluding steroid dienone is 1. The van der Waals surface area contributed by atoms with Gasteiger partial charge in [0, 0.05) is 5.92 Å². The van der Waals surface area contributed by atoms with Crippen LogP contribution in [-0.4, -0.2) is 22.0 Å². The molecule has 118 valence electrons. The Morgan fingerprint density at radius 3 is 2.48 bits per heavy atom. The zero-order valence-electron chi connectivity index (χ0n) is 13.3. The normalized spacial score (nSPS) is 22.9. The van der Waals surface area contributed by atoms with Gasteiger partial charge in [-0.3, -0.25) is 4.79 Å². The van der Waals surface area contributed by atoms with E-state index < -0.39 is 0 Å². The maximum atomic E-state index is 11.1. The van der Waals surface area contributed by atoms with E-state index in [2.05, 4.69) is 16.7 Å². The first-order chi connectivity index (χ1) is 9.97. The lowest BCUT2D eigenvalue weighted by Gasteiger charge is -2.27. The van der Waals surface area contributed by atoms with Crippen molar-refractivity contribution in [2.45, 2.75) is 64.8 Å². The van der Waals surface area contributed by atoms with E-state index in [1.807, 2.05) is 13.8 Å². The molecular formula is C16H27N3O2. The molecular weight excluding hydrogens is 266 g/mol. The van der Waals surface area contributed by atoms with Crippen molar-refractivity contribution in [1.82, 2.24) is 10.1 Å². The fourth-order valence-corrected chi connectivity index (χ4v) is 2.65. The molecule has 5 heteroatoms. The number of aryl methyl sites for hydroxylation is 1. The van der Waals surface area contributed by atoms with Gasteiger partial charge in [-0.05, 0) is 58.8 Å². The SMILES string of the molecule is C=CC.CC(=O)[C@@H](N)CC1CCC(c2nc(C)no2)CC1. The van der Waals surface area contributed by atoms with Gasteiger partial charge in [0.25, 0.3) is 0 Å². The molecule has 2 rings (SSSR count). The third kappa shape index (κ3) is 5.79. The van der Waals surface area contributed by atoms with Gasteiger partial charge in [0.2, 0.25) is 5.89 Å². The van der Waals surface area contributed by atoms with E-state index in [0.29, 0.717) is 17.7 Å². The number of ketones is 1. The maximum absolute atomic E-state index is 11.1. The number of hydrogen-bond acceptors (Lipinski definition) is 5.